The van der Waals surface area contributed by atoms with Crippen LogP contribution in [-0.2, 0) is 9.53 Å². The Morgan fingerprint density at radius 1 is 1.28 bits per heavy atom. The van der Waals surface area contributed by atoms with Gasteiger partial charge < -0.3 is 10.1 Å². The highest BCUT2D eigenvalue weighted by atomic mass is 16.6. The van der Waals surface area contributed by atoms with Crippen molar-refractivity contribution in [1.82, 2.24) is 5.32 Å². The lowest BCUT2D eigenvalue weighted by molar-refractivity contribution is -0.123. The van der Waals surface area contributed by atoms with Gasteiger partial charge in [0.2, 0.25) is 0 Å². The molecule has 1 saturated carbocycles. The fourth-order valence-electron chi connectivity index (χ4n) is 2.50. The Labute approximate surface area is 109 Å². The highest BCUT2D eigenvalue weighted by molar-refractivity contribution is 5.81. The first kappa shape index (κ1) is 15.0. The van der Waals surface area contributed by atoms with E-state index in [1.165, 1.54) is 0 Å². The van der Waals surface area contributed by atoms with Crippen molar-refractivity contribution in [2.24, 2.45) is 11.8 Å². The summed E-state index contributed by atoms with van der Waals surface area (Å²) >= 11 is 0. The molecular weight excluding hydrogens is 230 g/mol. The maximum atomic E-state index is 11.8. The summed E-state index contributed by atoms with van der Waals surface area (Å²) in [6.07, 6.45) is 3.27. The fraction of sp³-hybridized carbons (Fsp3) is 0.857. The van der Waals surface area contributed by atoms with Crippen molar-refractivity contribution in [2.45, 2.75) is 59.0 Å². The zero-order valence-electron chi connectivity index (χ0n) is 11.9. The topological polar surface area (TPSA) is 55.4 Å². The van der Waals surface area contributed by atoms with E-state index in [9.17, 15) is 9.59 Å². The average Bonchev–Trinajstić information content (AvgIpc) is 2.71. The van der Waals surface area contributed by atoms with Gasteiger partial charge in [0.1, 0.15) is 11.4 Å². The van der Waals surface area contributed by atoms with E-state index >= 15 is 0 Å². The minimum atomic E-state index is -0.474. The molecule has 2 atom stereocenters. The second-order valence-corrected chi connectivity index (χ2v) is 6.00. The van der Waals surface area contributed by atoms with Crippen molar-refractivity contribution < 1.29 is 14.3 Å². The lowest BCUT2D eigenvalue weighted by Gasteiger charge is -2.22. The third-order valence-electron chi connectivity index (χ3n) is 3.33. The second kappa shape index (κ2) is 6.21. The zero-order valence-corrected chi connectivity index (χ0v) is 11.9. The molecule has 4 heteroatoms. The first-order chi connectivity index (χ1) is 8.33. The van der Waals surface area contributed by atoms with Crippen LogP contribution >= 0.6 is 0 Å². The summed E-state index contributed by atoms with van der Waals surface area (Å²) in [6.45, 7) is 7.97. The zero-order chi connectivity index (χ0) is 13.8. The van der Waals surface area contributed by atoms with Crippen LogP contribution in [0.5, 0.6) is 0 Å². The van der Waals surface area contributed by atoms with E-state index in [2.05, 4.69) is 5.32 Å². The van der Waals surface area contributed by atoms with Gasteiger partial charge in [-0.15, -0.1) is 0 Å². The van der Waals surface area contributed by atoms with Crippen LogP contribution in [0, 0.1) is 11.8 Å². The van der Waals surface area contributed by atoms with Gasteiger partial charge in [-0.25, -0.2) is 4.79 Å². The molecule has 4 nitrogen and oxygen atoms in total. The second-order valence-electron chi connectivity index (χ2n) is 6.00. The van der Waals surface area contributed by atoms with Crippen molar-refractivity contribution in [2.75, 3.05) is 6.54 Å². The molecule has 0 radical (unpaired) electrons. The molecule has 1 rings (SSSR count). The molecule has 1 aliphatic rings. The van der Waals surface area contributed by atoms with E-state index in [-0.39, 0.29) is 11.8 Å². The van der Waals surface area contributed by atoms with Crippen molar-refractivity contribution in [3.05, 3.63) is 0 Å². The molecule has 104 valence electrons. The van der Waals surface area contributed by atoms with Gasteiger partial charge in [-0.1, -0.05) is 13.3 Å². The van der Waals surface area contributed by atoms with Crippen molar-refractivity contribution in [3.8, 4) is 0 Å². The SMILES string of the molecule is CCC(=O)C1CCCC1CNC(=O)OC(C)(C)C. The molecule has 0 bridgehead atoms. The maximum Gasteiger partial charge on any atom is 0.407 e. The number of amides is 1. The summed E-state index contributed by atoms with van der Waals surface area (Å²) in [5.74, 6) is 0.735. The number of nitrogens with one attached hydrogen (secondary N) is 1. The number of alkyl carbamates (subject to hydrolysis) is 1. The number of hydrogen-bond acceptors (Lipinski definition) is 3. The quantitative estimate of drug-likeness (QED) is 0.840. The summed E-state index contributed by atoms with van der Waals surface area (Å²) in [6, 6.07) is 0. The van der Waals surface area contributed by atoms with E-state index < -0.39 is 11.7 Å². The van der Waals surface area contributed by atoms with Crippen LogP contribution in [0.3, 0.4) is 0 Å². The normalized spacial score (nSPS) is 23.8. The Hall–Kier alpha value is -1.06. The van der Waals surface area contributed by atoms with E-state index in [1.807, 2.05) is 27.7 Å². The molecule has 0 aromatic carbocycles. The van der Waals surface area contributed by atoms with Crippen LogP contribution in [0.4, 0.5) is 4.79 Å². The molecule has 0 aromatic heterocycles. The molecule has 0 saturated heterocycles. The van der Waals surface area contributed by atoms with Crippen molar-refractivity contribution >= 4 is 11.9 Å². The summed E-state index contributed by atoms with van der Waals surface area (Å²) < 4.78 is 5.18. The number of carbonyl (C=O) groups excluding carboxylic acids is 2. The van der Waals surface area contributed by atoms with Crippen LogP contribution in [0.25, 0.3) is 0 Å². The molecular formula is C14H25NO3. The molecule has 1 amide bonds. The van der Waals surface area contributed by atoms with Crippen molar-refractivity contribution in [1.29, 1.82) is 0 Å². The average molecular weight is 255 g/mol. The van der Waals surface area contributed by atoms with E-state index in [0.717, 1.165) is 19.3 Å². The number of rotatable bonds is 4. The van der Waals surface area contributed by atoms with Crippen LogP contribution in [0.15, 0.2) is 0 Å². The van der Waals surface area contributed by atoms with E-state index in [4.69, 9.17) is 4.74 Å². The van der Waals surface area contributed by atoms with Gasteiger partial charge in [0.25, 0.3) is 0 Å². The maximum absolute atomic E-state index is 11.8. The summed E-state index contributed by atoms with van der Waals surface area (Å²) in [4.78, 5) is 23.3. The molecule has 0 aromatic rings. The highest BCUT2D eigenvalue weighted by Crippen LogP contribution is 2.32. The summed E-state index contributed by atoms with van der Waals surface area (Å²) in [7, 11) is 0. The highest BCUT2D eigenvalue weighted by Gasteiger charge is 2.32. The Morgan fingerprint density at radius 2 is 1.94 bits per heavy atom. The van der Waals surface area contributed by atoms with Crippen LogP contribution in [-0.4, -0.2) is 24.0 Å². The largest absolute Gasteiger partial charge is 0.444 e. The van der Waals surface area contributed by atoms with Crippen molar-refractivity contribution in [3.63, 3.8) is 0 Å². The summed E-state index contributed by atoms with van der Waals surface area (Å²) in [5, 5.41) is 2.78. The van der Waals surface area contributed by atoms with Gasteiger partial charge in [0, 0.05) is 18.9 Å². The molecule has 0 spiro atoms. The minimum absolute atomic E-state index is 0.130. The van der Waals surface area contributed by atoms with E-state index in [1.54, 1.807) is 0 Å². The molecule has 2 unspecified atom stereocenters. The first-order valence-corrected chi connectivity index (χ1v) is 6.83. The predicted octanol–water partition coefficient (Wildman–Crippen LogP) is 2.91. The van der Waals surface area contributed by atoms with Gasteiger partial charge in [-0.2, -0.15) is 0 Å². The third-order valence-corrected chi connectivity index (χ3v) is 3.33. The van der Waals surface area contributed by atoms with Gasteiger partial charge in [0.15, 0.2) is 0 Å². The molecule has 18 heavy (non-hydrogen) atoms. The molecule has 1 aliphatic carbocycles. The van der Waals surface area contributed by atoms with Gasteiger partial charge in [-0.3, -0.25) is 4.79 Å². The lowest BCUT2D eigenvalue weighted by Crippen LogP contribution is -2.37. The minimum Gasteiger partial charge on any atom is -0.444 e. The van der Waals surface area contributed by atoms with Crippen LogP contribution in [0.1, 0.15) is 53.4 Å². The number of ether oxygens (including phenoxy) is 1. The van der Waals surface area contributed by atoms with E-state index in [0.29, 0.717) is 18.7 Å². The Balaban J connectivity index is 2.38. The smallest absolute Gasteiger partial charge is 0.407 e. The summed E-state index contributed by atoms with van der Waals surface area (Å²) in [5.41, 5.74) is -0.474. The standard InChI is InChI=1S/C14H25NO3/c1-5-12(16)11-8-6-7-10(11)9-15-13(17)18-14(2,3)4/h10-11H,5-9H2,1-4H3,(H,15,17). The van der Waals surface area contributed by atoms with Crippen LogP contribution in [0.2, 0.25) is 0 Å². The monoisotopic (exact) mass is 255 g/mol. The van der Waals surface area contributed by atoms with Gasteiger partial charge >= 0.3 is 6.09 Å². The van der Waals surface area contributed by atoms with Crippen LogP contribution < -0.4 is 5.32 Å². The fourth-order valence-corrected chi connectivity index (χ4v) is 2.50. The Morgan fingerprint density at radius 3 is 2.50 bits per heavy atom. The third kappa shape index (κ3) is 4.67. The molecule has 0 heterocycles. The Kier molecular flexibility index (Phi) is 5.17. The number of hydrogen-bond donors (Lipinski definition) is 1. The van der Waals surface area contributed by atoms with Gasteiger partial charge in [-0.05, 0) is 39.5 Å². The molecule has 1 N–H and O–H groups in total. The Bertz CT molecular complexity index is 307. The predicted molar refractivity (Wildman–Crippen MR) is 70.4 cm³/mol. The number of ketones is 1. The van der Waals surface area contributed by atoms with Gasteiger partial charge in [0.05, 0.1) is 0 Å². The number of Topliss-reactive ketones (excluding diaryl/α,β-unsaturated/α-hetero) is 1. The first-order valence-electron chi connectivity index (χ1n) is 6.83. The number of carbonyl (C=O) groups is 2. The molecule has 0 aliphatic heterocycles. The lowest BCUT2D eigenvalue weighted by atomic mass is 9.91. The molecule has 1 fully saturated rings.